The minimum atomic E-state index is -3.80. The van der Waals surface area contributed by atoms with Gasteiger partial charge in [0.1, 0.15) is 11.6 Å². The summed E-state index contributed by atoms with van der Waals surface area (Å²) in [6.45, 7) is 5.57. The largest absolute Gasteiger partial charge is 0.455 e. The van der Waals surface area contributed by atoms with E-state index in [1.54, 1.807) is 31.3 Å². The summed E-state index contributed by atoms with van der Waals surface area (Å²) in [4.78, 5) is 19.4. The highest BCUT2D eigenvalue weighted by molar-refractivity contribution is 7.89. The number of pyridine rings is 1. The topological polar surface area (TPSA) is 114 Å². The van der Waals surface area contributed by atoms with Crippen LogP contribution in [-0.4, -0.2) is 25.0 Å². The Bertz CT molecular complexity index is 1290. The molecule has 0 fully saturated rings. The number of furan rings is 1. The molecule has 9 heteroatoms. The molecule has 0 spiro atoms. The first-order chi connectivity index (χ1) is 15.2. The second-order valence-electron chi connectivity index (χ2n) is 7.85. The monoisotopic (exact) mass is 452 g/mol. The molecule has 2 N–H and O–H groups in total. The lowest BCUT2D eigenvalue weighted by atomic mass is 9.93. The van der Waals surface area contributed by atoms with Crippen molar-refractivity contribution in [2.75, 3.05) is 5.32 Å². The van der Waals surface area contributed by atoms with Crippen molar-refractivity contribution in [1.82, 2.24) is 9.82 Å². The molecule has 166 valence electrons. The summed E-state index contributed by atoms with van der Waals surface area (Å²) in [5.41, 5.74) is 3.81. The minimum absolute atomic E-state index is 0.137. The fourth-order valence-electron chi connectivity index (χ4n) is 3.60. The van der Waals surface area contributed by atoms with Gasteiger partial charge in [0.05, 0.1) is 10.6 Å². The van der Waals surface area contributed by atoms with Gasteiger partial charge in [-0.2, -0.15) is 18.4 Å². The van der Waals surface area contributed by atoms with Gasteiger partial charge < -0.3 is 9.73 Å². The Morgan fingerprint density at radius 1 is 1.03 bits per heavy atom. The number of anilines is 1. The molecule has 0 aliphatic heterocycles. The standard InChI is InChI=1S/C23H24N4O4S/c1-14-7-10-17(11-8-14)32(29,30)27-26-18-5-4-6-19-21(18)16(3)22(31-19)23(28)25-20-12-9-15(2)13-24-20/h7-13,27H,4-6H2,1-3H3,(H,24,25,28)/b26-18+. The van der Waals surface area contributed by atoms with E-state index in [4.69, 9.17) is 4.42 Å². The first-order valence-corrected chi connectivity index (χ1v) is 11.7. The zero-order valence-electron chi connectivity index (χ0n) is 18.1. The van der Waals surface area contributed by atoms with E-state index in [9.17, 15) is 13.2 Å². The molecule has 0 unspecified atom stereocenters. The van der Waals surface area contributed by atoms with Gasteiger partial charge in [-0.25, -0.2) is 4.98 Å². The summed E-state index contributed by atoms with van der Waals surface area (Å²) in [7, 11) is -3.80. The van der Waals surface area contributed by atoms with E-state index < -0.39 is 15.9 Å². The second-order valence-corrected chi connectivity index (χ2v) is 9.51. The molecule has 3 aromatic rings. The van der Waals surface area contributed by atoms with Crippen LogP contribution in [0.15, 0.2) is 57.0 Å². The smallest absolute Gasteiger partial charge is 0.292 e. The van der Waals surface area contributed by atoms with Crippen molar-refractivity contribution in [3.05, 3.63) is 76.4 Å². The van der Waals surface area contributed by atoms with Gasteiger partial charge in [0.25, 0.3) is 15.9 Å². The Labute approximate surface area is 186 Å². The molecule has 1 aromatic carbocycles. The van der Waals surface area contributed by atoms with Crippen LogP contribution < -0.4 is 10.1 Å². The summed E-state index contributed by atoms with van der Waals surface area (Å²) >= 11 is 0. The lowest BCUT2D eigenvalue weighted by Crippen LogP contribution is -2.22. The van der Waals surface area contributed by atoms with E-state index in [0.717, 1.165) is 17.5 Å². The van der Waals surface area contributed by atoms with Gasteiger partial charge in [0.15, 0.2) is 5.76 Å². The van der Waals surface area contributed by atoms with Crippen LogP contribution in [0.1, 0.15) is 51.4 Å². The predicted octanol–water partition coefficient (Wildman–Crippen LogP) is 3.87. The first-order valence-electron chi connectivity index (χ1n) is 10.3. The quantitative estimate of drug-likeness (QED) is 0.571. The number of aromatic nitrogens is 1. The number of carbonyl (C=O) groups excluding carboxylic acids is 1. The molecule has 2 heterocycles. The van der Waals surface area contributed by atoms with Gasteiger partial charge in [0, 0.05) is 23.7 Å². The molecule has 1 amide bonds. The third-order valence-electron chi connectivity index (χ3n) is 5.32. The second kappa shape index (κ2) is 8.58. The van der Waals surface area contributed by atoms with E-state index in [-0.39, 0.29) is 10.7 Å². The van der Waals surface area contributed by atoms with Gasteiger partial charge in [0.2, 0.25) is 0 Å². The maximum atomic E-state index is 12.8. The zero-order valence-corrected chi connectivity index (χ0v) is 18.9. The third kappa shape index (κ3) is 4.43. The van der Waals surface area contributed by atoms with Gasteiger partial charge in [-0.3, -0.25) is 4.79 Å². The molecule has 0 atom stereocenters. The van der Waals surface area contributed by atoms with Crippen molar-refractivity contribution >= 4 is 27.5 Å². The van der Waals surface area contributed by atoms with Crippen LogP contribution in [0, 0.1) is 20.8 Å². The van der Waals surface area contributed by atoms with Crippen molar-refractivity contribution < 1.29 is 17.6 Å². The molecule has 1 aliphatic carbocycles. The van der Waals surface area contributed by atoms with Crippen LogP contribution in [-0.2, 0) is 16.4 Å². The lowest BCUT2D eigenvalue weighted by molar-refractivity contribution is 0.0993. The predicted molar refractivity (Wildman–Crippen MR) is 121 cm³/mol. The van der Waals surface area contributed by atoms with E-state index in [1.165, 1.54) is 12.1 Å². The number of nitrogens with one attached hydrogen (secondary N) is 2. The van der Waals surface area contributed by atoms with E-state index in [1.807, 2.05) is 19.9 Å². The fraction of sp³-hybridized carbons (Fsp3) is 0.261. The molecule has 0 saturated carbocycles. The molecule has 4 rings (SSSR count). The van der Waals surface area contributed by atoms with Crippen molar-refractivity contribution in [1.29, 1.82) is 0 Å². The highest BCUT2D eigenvalue weighted by Crippen LogP contribution is 2.30. The van der Waals surface area contributed by atoms with Crippen molar-refractivity contribution in [2.45, 2.75) is 44.9 Å². The number of nitrogens with zero attached hydrogens (tertiary/aromatic N) is 2. The number of fused-ring (bicyclic) bond motifs is 1. The van der Waals surface area contributed by atoms with Crippen molar-refractivity contribution in [3.63, 3.8) is 0 Å². The first kappa shape index (κ1) is 21.8. The Balaban J connectivity index is 1.59. The lowest BCUT2D eigenvalue weighted by Gasteiger charge is -2.14. The number of hydrogen-bond donors (Lipinski definition) is 2. The summed E-state index contributed by atoms with van der Waals surface area (Å²) in [6.07, 6.45) is 3.63. The minimum Gasteiger partial charge on any atom is -0.455 e. The maximum Gasteiger partial charge on any atom is 0.292 e. The van der Waals surface area contributed by atoms with Gasteiger partial charge >= 0.3 is 0 Å². The molecular formula is C23H24N4O4S. The van der Waals surface area contributed by atoms with Crippen molar-refractivity contribution in [2.24, 2.45) is 5.10 Å². The molecule has 1 aliphatic rings. The van der Waals surface area contributed by atoms with Gasteiger partial charge in [-0.1, -0.05) is 23.8 Å². The van der Waals surface area contributed by atoms with Crippen LogP contribution in [0.4, 0.5) is 5.82 Å². The third-order valence-corrected chi connectivity index (χ3v) is 6.54. The molecule has 0 bridgehead atoms. The molecule has 32 heavy (non-hydrogen) atoms. The summed E-state index contributed by atoms with van der Waals surface area (Å²) in [5, 5.41) is 6.93. The Morgan fingerprint density at radius 2 is 1.75 bits per heavy atom. The zero-order chi connectivity index (χ0) is 22.9. The van der Waals surface area contributed by atoms with Gasteiger partial charge in [-0.15, -0.1) is 0 Å². The van der Waals surface area contributed by atoms with Crippen LogP contribution in [0.3, 0.4) is 0 Å². The average molecular weight is 453 g/mol. The van der Waals surface area contributed by atoms with Crippen LogP contribution >= 0.6 is 0 Å². The number of hydrazone groups is 1. The molecule has 0 saturated heterocycles. The number of carbonyl (C=O) groups is 1. The van der Waals surface area contributed by atoms with Crippen LogP contribution in [0.2, 0.25) is 0 Å². The molecule has 0 radical (unpaired) electrons. The van der Waals surface area contributed by atoms with Crippen molar-refractivity contribution in [3.8, 4) is 0 Å². The average Bonchev–Trinajstić information content (AvgIpc) is 3.11. The van der Waals surface area contributed by atoms with Crippen LogP contribution in [0.25, 0.3) is 0 Å². The van der Waals surface area contributed by atoms with Gasteiger partial charge in [-0.05, 0) is 57.4 Å². The highest BCUT2D eigenvalue weighted by Gasteiger charge is 2.28. The Morgan fingerprint density at radius 3 is 2.44 bits per heavy atom. The van der Waals surface area contributed by atoms with Crippen LogP contribution in [0.5, 0.6) is 0 Å². The normalized spacial score (nSPS) is 14.8. The van der Waals surface area contributed by atoms with E-state index in [2.05, 4.69) is 20.2 Å². The Kier molecular flexibility index (Phi) is 5.84. The number of hydrogen-bond acceptors (Lipinski definition) is 6. The van der Waals surface area contributed by atoms with E-state index >= 15 is 0 Å². The number of rotatable bonds is 5. The van der Waals surface area contributed by atoms with E-state index in [0.29, 0.717) is 41.3 Å². The number of amides is 1. The summed E-state index contributed by atoms with van der Waals surface area (Å²) in [6, 6.07) is 10.1. The summed E-state index contributed by atoms with van der Waals surface area (Å²) in [5.74, 6) is 0.819. The Hall–Kier alpha value is -3.46. The number of aryl methyl sites for hydroxylation is 3. The maximum absolute atomic E-state index is 12.8. The SMILES string of the molecule is Cc1ccc(S(=O)(=O)N/N=C2\CCCc3oc(C(=O)Nc4ccc(C)cn4)c(C)c32)cc1. The molecule has 2 aromatic heterocycles. The highest BCUT2D eigenvalue weighted by atomic mass is 32.2. The molecule has 8 nitrogen and oxygen atoms in total. The molecular weight excluding hydrogens is 428 g/mol. The number of sulfonamides is 1. The summed E-state index contributed by atoms with van der Waals surface area (Å²) < 4.78 is 31.1. The number of benzene rings is 1. The fourth-order valence-corrected chi connectivity index (χ4v) is 4.43.